The lowest BCUT2D eigenvalue weighted by atomic mass is 10.2. The minimum atomic E-state index is -0.615. The summed E-state index contributed by atoms with van der Waals surface area (Å²) >= 11 is 0. The van der Waals surface area contributed by atoms with Gasteiger partial charge in [-0.05, 0) is 51.0 Å². The highest BCUT2D eigenvalue weighted by molar-refractivity contribution is 5.88. The topological polar surface area (TPSA) is 103 Å². The van der Waals surface area contributed by atoms with Crippen LogP contribution in [-0.2, 0) is 16.1 Å². The van der Waals surface area contributed by atoms with E-state index in [1.165, 1.54) is 16.3 Å². The number of unbranched alkanes of at least 4 members (excludes halogenated alkanes) is 1. The van der Waals surface area contributed by atoms with E-state index in [9.17, 15) is 14.7 Å². The summed E-state index contributed by atoms with van der Waals surface area (Å²) in [5.41, 5.74) is 2.71. The monoisotopic (exact) mass is 422 g/mol. The van der Waals surface area contributed by atoms with E-state index in [4.69, 9.17) is 4.74 Å². The summed E-state index contributed by atoms with van der Waals surface area (Å²) in [6, 6.07) is 14.6. The molecule has 2 aromatic carbocycles. The zero-order valence-corrected chi connectivity index (χ0v) is 17.9. The summed E-state index contributed by atoms with van der Waals surface area (Å²) in [6.45, 7) is 5.93. The molecule has 8 nitrogen and oxygen atoms in total. The molecular formula is C23H26N4O4. The average molecular weight is 422 g/mol. The largest absolute Gasteiger partial charge is 0.855 e. The van der Waals surface area contributed by atoms with E-state index in [1.54, 1.807) is 12.1 Å². The SMILES string of the molecule is CC(=O)OCCCC[n+]1[nH]n(-c2ccc(C)cc2)c(=O)c1C([O-])=Nc1ccc(C)cc1. The number of carbonyl (C=O) groups excluding carboxylic acids is 1. The van der Waals surface area contributed by atoms with Gasteiger partial charge in [0.1, 0.15) is 6.54 Å². The molecule has 1 aromatic heterocycles. The van der Waals surface area contributed by atoms with Crippen molar-refractivity contribution >= 4 is 17.6 Å². The molecule has 0 aliphatic heterocycles. The van der Waals surface area contributed by atoms with Crippen molar-refractivity contribution in [2.45, 2.75) is 40.2 Å². The molecule has 0 saturated heterocycles. The number of nitrogens with zero attached hydrogens (tertiary/aromatic N) is 3. The van der Waals surface area contributed by atoms with Crippen LogP contribution in [0.25, 0.3) is 5.69 Å². The number of benzene rings is 2. The van der Waals surface area contributed by atoms with Crippen LogP contribution >= 0.6 is 0 Å². The van der Waals surface area contributed by atoms with Crippen LogP contribution in [0.2, 0.25) is 0 Å². The maximum absolute atomic E-state index is 13.1. The van der Waals surface area contributed by atoms with Gasteiger partial charge in [0.05, 0.1) is 12.3 Å². The molecule has 0 radical (unpaired) electrons. The Balaban J connectivity index is 1.94. The van der Waals surface area contributed by atoms with Crippen LogP contribution in [0.4, 0.5) is 5.69 Å². The number of ether oxygens (including phenoxy) is 1. The van der Waals surface area contributed by atoms with Crippen molar-refractivity contribution < 1.29 is 19.3 Å². The van der Waals surface area contributed by atoms with Crippen LogP contribution in [0.5, 0.6) is 0 Å². The smallest absolute Gasteiger partial charge is 0.406 e. The first kappa shape index (κ1) is 22.0. The number of hydrogen-bond acceptors (Lipinski definition) is 5. The van der Waals surface area contributed by atoms with E-state index < -0.39 is 11.5 Å². The minimum Gasteiger partial charge on any atom is -0.855 e. The Bertz CT molecular complexity index is 1130. The summed E-state index contributed by atoms with van der Waals surface area (Å²) in [4.78, 5) is 28.1. The second-order valence-corrected chi connectivity index (χ2v) is 7.38. The predicted octanol–water partition coefficient (Wildman–Crippen LogP) is 1.85. The van der Waals surface area contributed by atoms with Crippen molar-refractivity contribution in [1.82, 2.24) is 9.90 Å². The Kier molecular flexibility index (Phi) is 7.02. The first-order valence-electron chi connectivity index (χ1n) is 10.1. The molecule has 1 N–H and O–H groups in total. The molecule has 0 aliphatic carbocycles. The van der Waals surface area contributed by atoms with Gasteiger partial charge in [-0.2, -0.15) is 4.68 Å². The maximum Gasteiger partial charge on any atom is 0.406 e. The molecule has 0 bridgehead atoms. The van der Waals surface area contributed by atoms with E-state index in [1.807, 2.05) is 50.2 Å². The zero-order chi connectivity index (χ0) is 22.4. The van der Waals surface area contributed by atoms with E-state index >= 15 is 0 Å². The van der Waals surface area contributed by atoms with E-state index in [0.29, 0.717) is 30.8 Å². The summed E-state index contributed by atoms with van der Waals surface area (Å²) in [7, 11) is 0. The Morgan fingerprint density at radius 2 is 1.68 bits per heavy atom. The molecule has 1 heterocycles. The van der Waals surface area contributed by atoms with Crippen molar-refractivity contribution in [2.75, 3.05) is 6.61 Å². The Labute approximate surface area is 180 Å². The van der Waals surface area contributed by atoms with Crippen LogP contribution in [0, 0.1) is 13.8 Å². The second-order valence-electron chi connectivity index (χ2n) is 7.38. The lowest BCUT2D eigenvalue weighted by Crippen LogP contribution is -2.46. The molecule has 0 atom stereocenters. The summed E-state index contributed by atoms with van der Waals surface area (Å²) in [5.74, 6) is -0.949. The first-order chi connectivity index (χ1) is 14.8. The summed E-state index contributed by atoms with van der Waals surface area (Å²) in [5, 5.41) is 15.9. The number of esters is 1. The van der Waals surface area contributed by atoms with Gasteiger partial charge in [0.15, 0.2) is 5.69 Å². The lowest BCUT2D eigenvalue weighted by Gasteiger charge is -2.07. The van der Waals surface area contributed by atoms with E-state index in [-0.39, 0.29) is 18.3 Å². The predicted molar refractivity (Wildman–Crippen MR) is 115 cm³/mol. The van der Waals surface area contributed by atoms with Gasteiger partial charge >= 0.3 is 11.5 Å². The van der Waals surface area contributed by atoms with Gasteiger partial charge in [0.2, 0.25) is 5.69 Å². The normalized spacial score (nSPS) is 11.5. The van der Waals surface area contributed by atoms with Gasteiger partial charge in [0, 0.05) is 12.8 Å². The zero-order valence-electron chi connectivity index (χ0n) is 17.9. The fraction of sp³-hybridized carbons (Fsp3) is 0.304. The lowest BCUT2D eigenvalue weighted by molar-refractivity contribution is -0.757. The summed E-state index contributed by atoms with van der Waals surface area (Å²) in [6.07, 6.45) is 1.21. The van der Waals surface area contributed by atoms with E-state index in [0.717, 1.165) is 11.1 Å². The number of aromatic amines is 1. The quantitative estimate of drug-likeness (QED) is 0.197. The number of hydrogen-bond donors (Lipinski definition) is 1. The number of aliphatic imine (C=N–C) groups is 1. The average Bonchev–Trinajstić information content (AvgIpc) is 3.06. The van der Waals surface area contributed by atoms with Crippen LogP contribution in [-0.4, -0.2) is 28.4 Å². The van der Waals surface area contributed by atoms with Crippen LogP contribution < -0.4 is 15.3 Å². The molecule has 162 valence electrons. The number of carbonyl (C=O) groups is 1. The van der Waals surface area contributed by atoms with Gasteiger partial charge < -0.3 is 9.84 Å². The van der Waals surface area contributed by atoms with Crippen molar-refractivity contribution in [3.05, 3.63) is 75.7 Å². The molecule has 0 amide bonds. The Hall–Kier alpha value is -3.68. The Morgan fingerprint density at radius 3 is 2.29 bits per heavy atom. The molecule has 31 heavy (non-hydrogen) atoms. The third-order valence-electron chi connectivity index (χ3n) is 4.74. The molecule has 3 rings (SSSR count). The number of rotatable bonds is 8. The highest BCUT2D eigenvalue weighted by Gasteiger charge is 2.23. The van der Waals surface area contributed by atoms with Crippen molar-refractivity contribution in [3.8, 4) is 5.69 Å². The van der Waals surface area contributed by atoms with Crippen LogP contribution in [0.1, 0.15) is 36.6 Å². The Morgan fingerprint density at radius 1 is 1.06 bits per heavy atom. The standard InChI is InChI=1S/C23H26N4O4/c1-16-6-10-19(11-7-16)24-22(29)21-23(30)27(20-12-8-17(2)9-13-20)25-26(21)14-4-5-15-31-18(3)28/h6-13H,4-5,14-15H2,1-3H3,(H-,24,25,29,30). The van der Waals surface area contributed by atoms with Crippen molar-refractivity contribution in [3.63, 3.8) is 0 Å². The van der Waals surface area contributed by atoms with Gasteiger partial charge in [-0.25, -0.2) is 4.79 Å². The van der Waals surface area contributed by atoms with Gasteiger partial charge in [-0.15, -0.1) is 0 Å². The third kappa shape index (κ3) is 5.69. The van der Waals surface area contributed by atoms with Gasteiger partial charge in [-0.3, -0.25) is 9.79 Å². The molecule has 8 heteroatoms. The molecular weight excluding hydrogens is 396 g/mol. The summed E-state index contributed by atoms with van der Waals surface area (Å²) < 4.78 is 7.79. The van der Waals surface area contributed by atoms with Crippen LogP contribution in [0.15, 0.2) is 58.3 Å². The fourth-order valence-corrected chi connectivity index (χ4v) is 3.05. The highest BCUT2D eigenvalue weighted by Crippen LogP contribution is 2.13. The maximum atomic E-state index is 13.1. The molecule has 0 unspecified atom stereocenters. The highest BCUT2D eigenvalue weighted by atomic mass is 16.5. The molecule has 0 spiro atoms. The van der Waals surface area contributed by atoms with Crippen molar-refractivity contribution in [1.29, 1.82) is 0 Å². The number of nitrogens with one attached hydrogen (secondary N) is 1. The molecule has 0 aliphatic rings. The fourth-order valence-electron chi connectivity index (χ4n) is 3.05. The number of aryl methyl sites for hydroxylation is 3. The molecule has 0 fully saturated rings. The van der Waals surface area contributed by atoms with E-state index in [2.05, 4.69) is 10.2 Å². The molecule has 0 saturated carbocycles. The van der Waals surface area contributed by atoms with Gasteiger partial charge in [-0.1, -0.05) is 45.3 Å². The van der Waals surface area contributed by atoms with Crippen LogP contribution in [0.3, 0.4) is 0 Å². The molecule has 3 aromatic rings. The second kappa shape index (κ2) is 9.88. The number of aromatic nitrogens is 3. The van der Waals surface area contributed by atoms with Crippen molar-refractivity contribution in [2.24, 2.45) is 4.99 Å². The number of H-pyrrole nitrogens is 1. The third-order valence-corrected chi connectivity index (χ3v) is 4.74. The first-order valence-corrected chi connectivity index (χ1v) is 10.1. The minimum absolute atomic E-state index is 0.0476. The van der Waals surface area contributed by atoms with Gasteiger partial charge in [0.25, 0.3) is 0 Å².